The Morgan fingerprint density at radius 2 is 2.33 bits per heavy atom. The molecule has 1 saturated carbocycles. The van der Waals surface area contributed by atoms with E-state index in [2.05, 4.69) is 33.2 Å². The molecule has 1 amide bonds. The highest BCUT2D eigenvalue weighted by Gasteiger charge is 2.37. The normalized spacial score (nSPS) is 17.2. The lowest BCUT2D eigenvalue weighted by atomic mass is 10.1. The van der Waals surface area contributed by atoms with Gasteiger partial charge in [-0.1, -0.05) is 13.0 Å². The Bertz CT molecular complexity index is 388. The van der Waals surface area contributed by atoms with Crippen LogP contribution in [0.15, 0.2) is 22.8 Å². The van der Waals surface area contributed by atoms with Gasteiger partial charge in [0.1, 0.15) is 10.3 Å². The summed E-state index contributed by atoms with van der Waals surface area (Å²) < 4.78 is 0.688. The molecule has 0 radical (unpaired) electrons. The Hall–Kier alpha value is -0.900. The minimum absolute atomic E-state index is 0.0931. The molecule has 1 aliphatic carbocycles. The van der Waals surface area contributed by atoms with Gasteiger partial charge in [-0.3, -0.25) is 4.79 Å². The number of hydrogen-bond donors (Lipinski definition) is 1. The molecule has 1 heterocycles. The molecule has 0 bridgehead atoms. The molecule has 0 atom stereocenters. The molecular weight excluding hydrogens is 256 g/mol. The van der Waals surface area contributed by atoms with Crippen molar-refractivity contribution in [2.24, 2.45) is 5.41 Å². The first-order valence-electron chi connectivity index (χ1n) is 5.00. The third kappa shape index (κ3) is 2.78. The third-order valence-electron chi connectivity index (χ3n) is 2.73. The second-order valence-corrected chi connectivity index (χ2v) is 5.15. The van der Waals surface area contributed by atoms with E-state index in [-0.39, 0.29) is 5.91 Å². The Morgan fingerprint density at radius 3 is 2.93 bits per heavy atom. The number of carbonyl (C=O) groups is 1. The van der Waals surface area contributed by atoms with Gasteiger partial charge in [-0.25, -0.2) is 4.98 Å². The fourth-order valence-corrected chi connectivity index (χ4v) is 1.65. The number of nitrogens with zero attached hydrogens (tertiary/aromatic N) is 1. The van der Waals surface area contributed by atoms with Crippen LogP contribution in [0, 0.1) is 5.41 Å². The number of nitrogens with one attached hydrogen (secondary N) is 1. The van der Waals surface area contributed by atoms with Gasteiger partial charge in [0.05, 0.1) is 0 Å². The van der Waals surface area contributed by atoms with Crippen LogP contribution in [0.25, 0.3) is 0 Å². The average Bonchev–Trinajstić information content (AvgIpc) is 2.94. The van der Waals surface area contributed by atoms with Gasteiger partial charge in [0, 0.05) is 6.54 Å². The van der Waals surface area contributed by atoms with Crippen LogP contribution < -0.4 is 5.32 Å². The monoisotopic (exact) mass is 268 g/mol. The van der Waals surface area contributed by atoms with Gasteiger partial charge >= 0.3 is 0 Å². The molecule has 0 unspecified atom stereocenters. The van der Waals surface area contributed by atoms with E-state index in [1.807, 2.05) is 6.07 Å². The number of rotatable bonds is 3. The lowest BCUT2D eigenvalue weighted by Gasteiger charge is -2.09. The summed E-state index contributed by atoms with van der Waals surface area (Å²) >= 11 is 3.24. The molecule has 2 rings (SSSR count). The minimum atomic E-state index is -0.0931. The van der Waals surface area contributed by atoms with Crippen molar-refractivity contribution in [1.29, 1.82) is 0 Å². The number of aromatic nitrogens is 1. The van der Waals surface area contributed by atoms with Crippen molar-refractivity contribution in [1.82, 2.24) is 10.3 Å². The second kappa shape index (κ2) is 3.93. The van der Waals surface area contributed by atoms with Crippen LogP contribution in [0.3, 0.4) is 0 Å². The standard InChI is InChI=1S/C11H13BrN2O/c1-11(5-6-11)7-13-10(15)8-3-2-4-9(12)14-8/h2-4H,5-7H2,1H3,(H,13,15). The number of halogens is 1. The van der Waals surface area contributed by atoms with E-state index >= 15 is 0 Å². The van der Waals surface area contributed by atoms with E-state index in [1.165, 1.54) is 12.8 Å². The Kier molecular flexibility index (Phi) is 2.78. The van der Waals surface area contributed by atoms with Crippen LogP contribution in [0.5, 0.6) is 0 Å². The van der Waals surface area contributed by atoms with Crippen molar-refractivity contribution in [3.63, 3.8) is 0 Å². The average molecular weight is 269 g/mol. The van der Waals surface area contributed by atoms with Crippen molar-refractivity contribution in [2.75, 3.05) is 6.54 Å². The molecule has 1 aliphatic rings. The highest BCUT2D eigenvalue weighted by molar-refractivity contribution is 9.10. The Balaban J connectivity index is 1.95. The van der Waals surface area contributed by atoms with Gasteiger partial charge in [-0.05, 0) is 46.3 Å². The van der Waals surface area contributed by atoms with Crippen LogP contribution in [-0.4, -0.2) is 17.4 Å². The van der Waals surface area contributed by atoms with Crippen LogP contribution in [0.1, 0.15) is 30.3 Å². The fourth-order valence-electron chi connectivity index (χ4n) is 1.31. The van der Waals surface area contributed by atoms with Crippen LogP contribution >= 0.6 is 15.9 Å². The molecule has 1 aromatic heterocycles. The van der Waals surface area contributed by atoms with E-state index in [0.717, 1.165) is 6.54 Å². The van der Waals surface area contributed by atoms with Gasteiger partial charge in [-0.2, -0.15) is 0 Å². The number of hydrogen-bond acceptors (Lipinski definition) is 2. The molecular formula is C11H13BrN2O. The summed E-state index contributed by atoms with van der Waals surface area (Å²) in [4.78, 5) is 15.8. The highest BCUT2D eigenvalue weighted by Crippen LogP contribution is 2.44. The largest absolute Gasteiger partial charge is 0.350 e. The van der Waals surface area contributed by atoms with Gasteiger partial charge < -0.3 is 5.32 Å². The smallest absolute Gasteiger partial charge is 0.269 e. The second-order valence-electron chi connectivity index (χ2n) is 4.34. The van der Waals surface area contributed by atoms with Crippen LogP contribution in [0.2, 0.25) is 0 Å². The molecule has 0 spiro atoms. The Labute approximate surface area is 97.4 Å². The molecule has 1 N–H and O–H groups in total. The van der Waals surface area contributed by atoms with Gasteiger partial charge in [0.2, 0.25) is 0 Å². The zero-order valence-electron chi connectivity index (χ0n) is 8.59. The summed E-state index contributed by atoms with van der Waals surface area (Å²) in [5.74, 6) is -0.0931. The van der Waals surface area contributed by atoms with Crippen LogP contribution in [-0.2, 0) is 0 Å². The van der Waals surface area contributed by atoms with Crippen molar-refractivity contribution in [3.05, 3.63) is 28.5 Å². The highest BCUT2D eigenvalue weighted by atomic mass is 79.9. The van der Waals surface area contributed by atoms with Crippen molar-refractivity contribution in [3.8, 4) is 0 Å². The number of amides is 1. The van der Waals surface area contributed by atoms with E-state index in [4.69, 9.17) is 0 Å². The van der Waals surface area contributed by atoms with Crippen molar-refractivity contribution >= 4 is 21.8 Å². The molecule has 3 nitrogen and oxygen atoms in total. The van der Waals surface area contributed by atoms with Crippen LogP contribution in [0.4, 0.5) is 0 Å². The SMILES string of the molecule is CC1(CNC(=O)c2cccc(Br)n2)CC1. The lowest BCUT2D eigenvalue weighted by Crippen LogP contribution is -2.29. The summed E-state index contributed by atoms with van der Waals surface area (Å²) in [5, 5.41) is 2.91. The molecule has 1 fully saturated rings. The molecule has 4 heteroatoms. The third-order valence-corrected chi connectivity index (χ3v) is 3.17. The summed E-state index contributed by atoms with van der Waals surface area (Å²) in [6, 6.07) is 5.33. The molecule has 80 valence electrons. The van der Waals surface area contributed by atoms with Gasteiger partial charge in [0.15, 0.2) is 0 Å². The Morgan fingerprint density at radius 1 is 1.60 bits per heavy atom. The first-order chi connectivity index (χ1) is 7.09. The summed E-state index contributed by atoms with van der Waals surface area (Å²) in [5.41, 5.74) is 0.801. The zero-order chi connectivity index (χ0) is 10.9. The maximum atomic E-state index is 11.7. The molecule has 0 aromatic carbocycles. The zero-order valence-corrected chi connectivity index (χ0v) is 10.2. The molecule has 0 aliphatic heterocycles. The van der Waals surface area contributed by atoms with Crippen molar-refractivity contribution in [2.45, 2.75) is 19.8 Å². The van der Waals surface area contributed by atoms with Crippen molar-refractivity contribution < 1.29 is 4.79 Å². The first-order valence-corrected chi connectivity index (χ1v) is 5.79. The van der Waals surface area contributed by atoms with Gasteiger partial charge in [0.25, 0.3) is 5.91 Å². The van der Waals surface area contributed by atoms with E-state index < -0.39 is 0 Å². The van der Waals surface area contributed by atoms with Gasteiger partial charge in [-0.15, -0.1) is 0 Å². The summed E-state index contributed by atoms with van der Waals surface area (Å²) in [6.45, 7) is 2.93. The number of pyridine rings is 1. The number of carbonyl (C=O) groups excluding carboxylic acids is 1. The maximum absolute atomic E-state index is 11.7. The molecule has 0 saturated heterocycles. The molecule has 1 aromatic rings. The topological polar surface area (TPSA) is 42.0 Å². The first kappa shape index (κ1) is 10.6. The van der Waals surface area contributed by atoms with E-state index in [0.29, 0.717) is 15.7 Å². The van der Waals surface area contributed by atoms with E-state index in [9.17, 15) is 4.79 Å². The fraction of sp³-hybridized carbons (Fsp3) is 0.455. The maximum Gasteiger partial charge on any atom is 0.269 e. The lowest BCUT2D eigenvalue weighted by molar-refractivity contribution is 0.0941. The van der Waals surface area contributed by atoms with E-state index in [1.54, 1.807) is 12.1 Å². The minimum Gasteiger partial charge on any atom is -0.350 e. The predicted molar refractivity (Wildman–Crippen MR) is 61.6 cm³/mol. The summed E-state index contributed by atoms with van der Waals surface area (Å²) in [6.07, 6.45) is 2.42. The summed E-state index contributed by atoms with van der Waals surface area (Å²) in [7, 11) is 0. The quantitative estimate of drug-likeness (QED) is 0.856. The molecule has 15 heavy (non-hydrogen) atoms. The predicted octanol–water partition coefficient (Wildman–Crippen LogP) is 2.37.